The van der Waals surface area contributed by atoms with Crippen LogP contribution >= 0.6 is 0 Å². The van der Waals surface area contributed by atoms with Crippen molar-refractivity contribution in [2.24, 2.45) is 21.8 Å². The summed E-state index contributed by atoms with van der Waals surface area (Å²) in [6.07, 6.45) is 14.1. The molecular formula is C53H40N2O. The van der Waals surface area contributed by atoms with Gasteiger partial charge in [0.05, 0.1) is 23.1 Å². The molecule has 0 radical (unpaired) electrons. The van der Waals surface area contributed by atoms with Crippen molar-refractivity contribution in [1.29, 1.82) is 0 Å². The van der Waals surface area contributed by atoms with Gasteiger partial charge in [-0.3, -0.25) is 4.99 Å². The van der Waals surface area contributed by atoms with Gasteiger partial charge in [-0.25, -0.2) is 4.99 Å². The normalized spacial score (nSPS) is 22.5. The number of hydrogen-bond donors (Lipinski definition) is 0. The molecule has 2 heterocycles. The van der Waals surface area contributed by atoms with E-state index in [4.69, 9.17) is 14.7 Å². The lowest BCUT2D eigenvalue weighted by Crippen LogP contribution is -2.33. The van der Waals surface area contributed by atoms with Crippen LogP contribution in [0.1, 0.15) is 63.7 Å². The number of fused-ring (bicyclic) bond motifs is 8. The molecular weight excluding hydrogens is 681 g/mol. The summed E-state index contributed by atoms with van der Waals surface area (Å²) in [5.74, 6) is 3.28. The van der Waals surface area contributed by atoms with Crippen molar-refractivity contribution >= 4 is 17.1 Å². The predicted molar refractivity (Wildman–Crippen MR) is 228 cm³/mol. The molecule has 0 amide bonds. The van der Waals surface area contributed by atoms with Crippen LogP contribution in [-0.2, 0) is 5.41 Å². The molecule has 6 aromatic carbocycles. The summed E-state index contributed by atoms with van der Waals surface area (Å²) in [5, 5.41) is 0. The lowest BCUT2D eigenvalue weighted by atomic mass is 9.64. The second-order valence-electron chi connectivity index (χ2n) is 15.4. The van der Waals surface area contributed by atoms with E-state index in [1.807, 2.05) is 0 Å². The van der Waals surface area contributed by atoms with Gasteiger partial charge < -0.3 is 4.74 Å². The molecule has 1 spiro atoms. The molecule has 0 N–H and O–H groups in total. The Kier molecular flexibility index (Phi) is 7.80. The van der Waals surface area contributed by atoms with E-state index in [9.17, 15) is 0 Å². The topological polar surface area (TPSA) is 34.0 Å². The van der Waals surface area contributed by atoms with Crippen LogP contribution < -0.4 is 4.74 Å². The quantitative estimate of drug-likeness (QED) is 0.175. The van der Waals surface area contributed by atoms with E-state index in [0.717, 1.165) is 41.5 Å². The largest absolute Gasteiger partial charge is 0.457 e. The van der Waals surface area contributed by atoms with Crippen LogP contribution in [0, 0.1) is 11.8 Å². The molecule has 4 unspecified atom stereocenters. The average Bonchev–Trinajstić information content (AvgIpc) is 3.58. The number of amidine groups is 1. The molecule has 3 aliphatic carbocycles. The van der Waals surface area contributed by atoms with E-state index < -0.39 is 5.41 Å². The molecule has 5 aliphatic rings. The Morgan fingerprint density at radius 3 is 1.86 bits per heavy atom. The molecule has 3 nitrogen and oxygen atoms in total. The summed E-state index contributed by atoms with van der Waals surface area (Å²) in [7, 11) is 0. The van der Waals surface area contributed by atoms with E-state index in [-0.39, 0.29) is 12.0 Å². The van der Waals surface area contributed by atoms with Gasteiger partial charge in [0.2, 0.25) is 0 Å². The number of para-hydroxylation sites is 2. The van der Waals surface area contributed by atoms with Crippen molar-refractivity contribution in [2.45, 2.75) is 30.2 Å². The highest BCUT2D eigenvalue weighted by molar-refractivity contribution is 6.17. The van der Waals surface area contributed by atoms with Crippen LogP contribution in [0.2, 0.25) is 0 Å². The highest BCUT2D eigenvalue weighted by Gasteiger charge is 2.53. The monoisotopic (exact) mass is 720 g/mol. The first kappa shape index (κ1) is 32.8. The summed E-state index contributed by atoms with van der Waals surface area (Å²) in [5.41, 5.74) is 13.3. The lowest BCUT2D eigenvalue weighted by Gasteiger charge is -2.41. The Morgan fingerprint density at radius 2 is 1.18 bits per heavy atom. The predicted octanol–water partition coefficient (Wildman–Crippen LogP) is 12.4. The molecule has 0 saturated heterocycles. The number of aliphatic imine (C=N–C) groups is 2. The second-order valence-corrected chi connectivity index (χ2v) is 15.4. The van der Waals surface area contributed by atoms with E-state index in [1.165, 1.54) is 50.1 Å². The van der Waals surface area contributed by atoms with E-state index in [0.29, 0.717) is 11.8 Å². The van der Waals surface area contributed by atoms with Crippen LogP contribution in [0.25, 0.3) is 5.57 Å². The van der Waals surface area contributed by atoms with Gasteiger partial charge in [0.1, 0.15) is 11.5 Å². The summed E-state index contributed by atoms with van der Waals surface area (Å²) in [4.78, 5) is 10.8. The van der Waals surface area contributed by atoms with Gasteiger partial charge in [-0.15, -0.1) is 0 Å². The van der Waals surface area contributed by atoms with Gasteiger partial charge in [-0.1, -0.05) is 182 Å². The Morgan fingerprint density at radius 1 is 0.571 bits per heavy atom. The minimum atomic E-state index is -0.439. The highest BCUT2D eigenvalue weighted by atomic mass is 16.5. The second kappa shape index (κ2) is 13.3. The van der Waals surface area contributed by atoms with Gasteiger partial charge in [0.15, 0.2) is 5.84 Å². The third-order valence-electron chi connectivity index (χ3n) is 12.5. The maximum Gasteiger partial charge on any atom is 0.155 e. The average molecular weight is 721 g/mol. The Hall–Kier alpha value is -6.58. The minimum absolute atomic E-state index is 0.0272. The molecule has 4 atom stereocenters. The number of nitrogens with zero attached hydrogens (tertiary/aromatic N) is 2. The molecule has 6 aromatic rings. The Balaban J connectivity index is 1.02. The minimum Gasteiger partial charge on any atom is -0.457 e. The smallest absolute Gasteiger partial charge is 0.155 e. The first-order valence-electron chi connectivity index (χ1n) is 19.9. The van der Waals surface area contributed by atoms with Crippen LogP contribution in [0.5, 0.6) is 11.5 Å². The number of rotatable bonds is 5. The molecule has 0 aromatic heterocycles. The molecule has 56 heavy (non-hydrogen) atoms. The van der Waals surface area contributed by atoms with Crippen molar-refractivity contribution in [3.05, 3.63) is 244 Å². The summed E-state index contributed by atoms with van der Waals surface area (Å²) >= 11 is 0. The summed E-state index contributed by atoms with van der Waals surface area (Å²) in [6.45, 7) is 0. The maximum atomic E-state index is 6.60. The zero-order chi connectivity index (χ0) is 37.1. The Bertz CT molecular complexity index is 2640. The van der Waals surface area contributed by atoms with Gasteiger partial charge >= 0.3 is 0 Å². The molecule has 11 rings (SSSR count). The molecule has 2 aliphatic heterocycles. The van der Waals surface area contributed by atoms with Crippen molar-refractivity contribution < 1.29 is 4.74 Å². The SMILES string of the molecule is C1=CC2=C(c3ccccc3C23c2ccccc2Oc2ccccc23)C(C2C=CC(C3=NC(c4ccccc4)=NC(c4ccccc4)C3c3ccccc3)=CC2)C1. The zero-order valence-electron chi connectivity index (χ0n) is 31.0. The van der Waals surface area contributed by atoms with Crippen molar-refractivity contribution in [1.82, 2.24) is 0 Å². The van der Waals surface area contributed by atoms with Crippen LogP contribution in [0.4, 0.5) is 0 Å². The summed E-state index contributed by atoms with van der Waals surface area (Å²) < 4.78 is 6.60. The number of allylic oxidation sites excluding steroid dienone is 8. The van der Waals surface area contributed by atoms with Gasteiger partial charge in [0, 0.05) is 16.7 Å². The van der Waals surface area contributed by atoms with Crippen LogP contribution in [0.15, 0.2) is 215 Å². The zero-order valence-corrected chi connectivity index (χ0v) is 31.0. The van der Waals surface area contributed by atoms with Gasteiger partial charge in [-0.05, 0) is 75.8 Å². The molecule has 0 saturated carbocycles. The third-order valence-corrected chi connectivity index (χ3v) is 12.5. The fraction of sp³-hybridized carbons (Fsp3) is 0.132. The van der Waals surface area contributed by atoms with Crippen molar-refractivity contribution in [3.63, 3.8) is 0 Å². The van der Waals surface area contributed by atoms with Gasteiger partial charge in [-0.2, -0.15) is 0 Å². The molecule has 268 valence electrons. The maximum absolute atomic E-state index is 6.60. The first-order valence-corrected chi connectivity index (χ1v) is 19.9. The fourth-order valence-corrected chi connectivity index (χ4v) is 10.1. The first-order chi connectivity index (χ1) is 27.8. The molecule has 0 bridgehead atoms. The van der Waals surface area contributed by atoms with Crippen LogP contribution in [-0.4, -0.2) is 11.5 Å². The highest BCUT2D eigenvalue weighted by Crippen LogP contribution is 2.64. The summed E-state index contributed by atoms with van der Waals surface area (Å²) in [6, 6.07) is 58.3. The van der Waals surface area contributed by atoms with E-state index in [2.05, 4.69) is 194 Å². The molecule has 3 heteroatoms. The number of ether oxygens (including phenoxy) is 1. The van der Waals surface area contributed by atoms with Gasteiger partial charge in [0.25, 0.3) is 0 Å². The number of benzene rings is 6. The fourth-order valence-electron chi connectivity index (χ4n) is 10.1. The Labute approximate surface area is 328 Å². The van der Waals surface area contributed by atoms with Crippen molar-refractivity contribution in [2.75, 3.05) is 0 Å². The number of hydrogen-bond acceptors (Lipinski definition) is 3. The molecule has 0 fully saturated rings. The van der Waals surface area contributed by atoms with E-state index in [1.54, 1.807) is 0 Å². The van der Waals surface area contributed by atoms with E-state index >= 15 is 0 Å². The lowest BCUT2D eigenvalue weighted by molar-refractivity contribution is 0.434. The van der Waals surface area contributed by atoms with Crippen molar-refractivity contribution in [3.8, 4) is 11.5 Å². The third kappa shape index (κ3) is 5.04. The van der Waals surface area contributed by atoms with Crippen LogP contribution in [0.3, 0.4) is 0 Å². The standard InChI is InChI=1S/C53H40N2O/c1-4-17-36(18-5-1)48-50(37-19-6-2-7-20-37)54-52(39-21-8-3-9-22-39)55-51(48)38-33-31-35(32-34-38)40-24-16-28-45-49(40)41-23-10-11-25-42(41)53(45)43-26-12-14-29-46(43)56-47-30-15-13-27-44(47)53/h1-23,25-31,33-35,40,48,50H,24,32H2.